The number of hydrogen-bond acceptors (Lipinski definition) is 2. The van der Waals surface area contributed by atoms with Crippen molar-refractivity contribution in [2.45, 2.75) is 12.8 Å². The van der Waals surface area contributed by atoms with Crippen LogP contribution in [0.4, 0.5) is 0 Å². The summed E-state index contributed by atoms with van der Waals surface area (Å²) in [5, 5.41) is 21.9. The standard InChI is InChI=1S/C9H9NO2.C8H9N/c1-10-3-2-6-4-8(11)9(12)5-7(6)10;1-2-4-8-7(3-1)5-6-9-8/h2-5,11-12H,1H3;3-6,9H,1-2H2. The smallest absolute Gasteiger partial charge is 0.159 e. The van der Waals surface area contributed by atoms with Crippen molar-refractivity contribution in [1.82, 2.24) is 9.55 Å². The molecule has 2 heterocycles. The molecule has 1 aliphatic carbocycles. The minimum atomic E-state index is -0.0794. The first-order valence-electron chi connectivity index (χ1n) is 6.96. The SMILES string of the molecule is C1=c2cc[nH]c2=CCC1.Cn1ccc2cc(O)c(O)cc21. The summed E-state index contributed by atoms with van der Waals surface area (Å²) in [6.07, 6.45) is 10.8. The van der Waals surface area contributed by atoms with Crippen LogP contribution in [0.5, 0.6) is 11.5 Å². The van der Waals surface area contributed by atoms with Gasteiger partial charge < -0.3 is 19.8 Å². The average Bonchev–Trinajstić information content (AvgIpc) is 3.09. The fourth-order valence-corrected chi connectivity index (χ4v) is 2.51. The first-order valence-corrected chi connectivity index (χ1v) is 6.96. The molecular formula is C17H18N2O2. The van der Waals surface area contributed by atoms with Crippen LogP contribution >= 0.6 is 0 Å². The molecule has 3 aromatic rings. The van der Waals surface area contributed by atoms with Crippen molar-refractivity contribution in [3.63, 3.8) is 0 Å². The van der Waals surface area contributed by atoms with Crippen LogP contribution in [0.1, 0.15) is 12.8 Å². The summed E-state index contributed by atoms with van der Waals surface area (Å²) in [7, 11) is 1.89. The van der Waals surface area contributed by atoms with E-state index in [1.165, 1.54) is 23.4 Å². The first-order chi connectivity index (χ1) is 10.1. The maximum atomic E-state index is 9.20. The molecule has 0 saturated carbocycles. The first kappa shape index (κ1) is 13.4. The number of phenolic OH excluding ortho intramolecular Hbond substituents is 2. The second-order valence-corrected chi connectivity index (χ2v) is 5.16. The summed E-state index contributed by atoms with van der Waals surface area (Å²) in [6, 6.07) is 7.09. The van der Waals surface area contributed by atoms with E-state index in [-0.39, 0.29) is 11.5 Å². The van der Waals surface area contributed by atoms with Crippen molar-refractivity contribution in [1.29, 1.82) is 0 Å². The number of phenols is 2. The molecule has 0 atom stereocenters. The van der Waals surface area contributed by atoms with Crippen molar-refractivity contribution in [2.24, 2.45) is 7.05 Å². The van der Waals surface area contributed by atoms with E-state index in [0.717, 1.165) is 10.9 Å². The lowest BCUT2D eigenvalue weighted by atomic mass is 10.2. The Morgan fingerprint density at radius 2 is 1.81 bits per heavy atom. The van der Waals surface area contributed by atoms with E-state index in [2.05, 4.69) is 23.2 Å². The fourth-order valence-electron chi connectivity index (χ4n) is 2.51. The number of nitrogens with zero attached hydrogens (tertiary/aromatic N) is 1. The van der Waals surface area contributed by atoms with E-state index >= 15 is 0 Å². The van der Waals surface area contributed by atoms with Gasteiger partial charge in [0.15, 0.2) is 11.5 Å². The van der Waals surface area contributed by atoms with Gasteiger partial charge in [-0.05, 0) is 36.3 Å². The Morgan fingerprint density at radius 3 is 2.62 bits per heavy atom. The average molecular weight is 282 g/mol. The highest BCUT2D eigenvalue weighted by molar-refractivity contribution is 5.83. The fraction of sp³-hybridized carbons (Fsp3) is 0.176. The lowest BCUT2D eigenvalue weighted by molar-refractivity contribution is 0.404. The highest BCUT2D eigenvalue weighted by atomic mass is 16.3. The third kappa shape index (κ3) is 2.65. The van der Waals surface area contributed by atoms with Gasteiger partial charge in [-0.25, -0.2) is 0 Å². The van der Waals surface area contributed by atoms with E-state index in [1.807, 2.05) is 30.1 Å². The maximum Gasteiger partial charge on any atom is 0.159 e. The van der Waals surface area contributed by atoms with E-state index in [1.54, 1.807) is 12.1 Å². The van der Waals surface area contributed by atoms with Crippen LogP contribution in [-0.4, -0.2) is 19.8 Å². The molecule has 21 heavy (non-hydrogen) atoms. The summed E-state index contributed by atoms with van der Waals surface area (Å²) in [5.41, 5.74) is 0.908. The van der Waals surface area contributed by atoms with Gasteiger partial charge in [0.1, 0.15) is 0 Å². The molecule has 0 saturated heterocycles. The molecule has 4 heteroatoms. The van der Waals surface area contributed by atoms with Gasteiger partial charge >= 0.3 is 0 Å². The van der Waals surface area contributed by atoms with Gasteiger partial charge in [0.25, 0.3) is 0 Å². The van der Waals surface area contributed by atoms with E-state index < -0.39 is 0 Å². The molecule has 0 unspecified atom stereocenters. The van der Waals surface area contributed by atoms with E-state index in [9.17, 15) is 5.11 Å². The van der Waals surface area contributed by atoms with Gasteiger partial charge in [-0.3, -0.25) is 0 Å². The third-order valence-electron chi connectivity index (χ3n) is 3.67. The predicted molar refractivity (Wildman–Crippen MR) is 84.5 cm³/mol. The molecule has 0 aliphatic heterocycles. The Hall–Kier alpha value is -2.62. The van der Waals surface area contributed by atoms with Crippen molar-refractivity contribution in [3.05, 3.63) is 47.2 Å². The molecule has 0 fully saturated rings. The summed E-state index contributed by atoms with van der Waals surface area (Å²) < 4.78 is 1.88. The lowest BCUT2D eigenvalue weighted by Crippen LogP contribution is -2.23. The zero-order valence-corrected chi connectivity index (χ0v) is 11.9. The zero-order valence-electron chi connectivity index (χ0n) is 11.9. The highest BCUT2D eigenvalue weighted by Gasteiger charge is 2.03. The summed E-state index contributed by atoms with van der Waals surface area (Å²) in [4.78, 5) is 3.17. The Bertz CT molecular complexity index is 857. The molecule has 4 nitrogen and oxygen atoms in total. The highest BCUT2D eigenvalue weighted by Crippen LogP contribution is 2.30. The largest absolute Gasteiger partial charge is 0.504 e. The number of rotatable bonds is 0. The second kappa shape index (κ2) is 5.40. The number of H-pyrrole nitrogens is 1. The number of aromatic hydroxyl groups is 2. The minimum Gasteiger partial charge on any atom is -0.504 e. The molecule has 3 N–H and O–H groups in total. The van der Waals surface area contributed by atoms with Gasteiger partial charge in [0.2, 0.25) is 0 Å². The summed E-state index contributed by atoms with van der Waals surface area (Å²) in [6.45, 7) is 0. The molecule has 1 aliphatic rings. The Kier molecular flexibility index (Phi) is 3.44. The molecule has 0 amide bonds. The van der Waals surface area contributed by atoms with Crippen molar-refractivity contribution < 1.29 is 10.2 Å². The number of nitrogens with one attached hydrogen (secondary N) is 1. The molecule has 0 radical (unpaired) electrons. The number of hydrogen-bond donors (Lipinski definition) is 3. The Balaban J connectivity index is 0.000000131. The predicted octanol–water partition coefficient (Wildman–Crippen LogP) is 1.96. The maximum absolute atomic E-state index is 9.20. The molecule has 2 aromatic heterocycles. The number of fused-ring (bicyclic) bond motifs is 2. The zero-order chi connectivity index (χ0) is 14.8. The summed E-state index contributed by atoms with van der Waals surface area (Å²) in [5.74, 6) is -0.155. The number of aromatic nitrogens is 2. The molecule has 4 rings (SSSR count). The van der Waals surface area contributed by atoms with E-state index in [4.69, 9.17) is 5.11 Å². The van der Waals surface area contributed by atoms with Crippen molar-refractivity contribution >= 4 is 23.1 Å². The van der Waals surface area contributed by atoms with Gasteiger partial charge in [-0.2, -0.15) is 0 Å². The number of aryl methyl sites for hydroxylation is 1. The second-order valence-electron chi connectivity index (χ2n) is 5.16. The topological polar surface area (TPSA) is 61.2 Å². The summed E-state index contributed by atoms with van der Waals surface area (Å²) >= 11 is 0. The van der Waals surface area contributed by atoms with Gasteiger partial charge in [0, 0.05) is 36.2 Å². The van der Waals surface area contributed by atoms with Crippen LogP contribution < -0.4 is 10.6 Å². The third-order valence-corrected chi connectivity index (χ3v) is 3.67. The molecule has 0 spiro atoms. The van der Waals surface area contributed by atoms with Crippen LogP contribution in [0.2, 0.25) is 0 Å². The monoisotopic (exact) mass is 282 g/mol. The lowest BCUT2D eigenvalue weighted by Gasteiger charge is -1.99. The Labute approximate surface area is 122 Å². The van der Waals surface area contributed by atoms with Crippen molar-refractivity contribution in [3.8, 4) is 11.5 Å². The number of benzene rings is 1. The molecule has 1 aromatic carbocycles. The van der Waals surface area contributed by atoms with Gasteiger partial charge in [-0.1, -0.05) is 12.2 Å². The van der Waals surface area contributed by atoms with Crippen LogP contribution in [0.25, 0.3) is 23.1 Å². The minimum absolute atomic E-state index is 0.0753. The van der Waals surface area contributed by atoms with Crippen LogP contribution in [0, 0.1) is 0 Å². The van der Waals surface area contributed by atoms with E-state index in [0.29, 0.717) is 0 Å². The van der Waals surface area contributed by atoms with Gasteiger partial charge in [-0.15, -0.1) is 0 Å². The van der Waals surface area contributed by atoms with Crippen LogP contribution in [-0.2, 0) is 7.05 Å². The molecular weight excluding hydrogens is 264 g/mol. The van der Waals surface area contributed by atoms with Crippen LogP contribution in [0.15, 0.2) is 36.7 Å². The normalized spacial score (nSPS) is 12.8. The quantitative estimate of drug-likeness (QED) is 0.552. The number of aromatic amines is 1. The van der Waals surface area contributed by atoms with Crippen molar-refractivity contribution in [2.75, 3.05) is 0 Å². The molecule has 0 bridgehead atoms. The van der Waals surface area contributed by atoms with Gasteiger partial charge in [0.05, 0.1) is 5.52 Å². The molecule has 108 valence electrons. The van der Waals surface area contributed by atoms with Crippen LogP contribution in [0.3, 0.4) is 0 Å². The Morgan fingerprint density at radius 1 is 1.05 bits per heavy atom.